The number of anilines is 1. The first kappa shape index (κ1) is 21.0. The van der Waals surface area contributed by atoms with Gasteiger partial charge < -0.3 is 14.6 Å². The predicted octanol–water partition coefficient (Wildman–Crippen LogP) is 4.10. The number of amides is 1. The Hall–Kier alpha value is -2.77. The number of aromatic nitrogens is 1. The van der Waals surface area contributed by atoms with Gasteiger partial charge in [0.05, 0.1) is 23.4 Å². The molecule has 0 saturated heterocycles. The molecule has 0 aliphatic carbocycles. The fourth-order valence-electron chi connectivity index (χ4n) is 2.79. The number of rotatable bonds is 6. The molecule has 1 amide bonds. The number of fused-ring (bicyclic) bond motifs is 1. The standard InChI is InChI=1S/C21H19ClN2O4S/c1-3-28-21(27)13-5-4-6-15(9-13)23-19(25)12-29-18-11-20(26)24(2)17-10-14(22)7-8-16(17)18/h4-11H,3,12H2,1-2H3,(H,23,25). The van der Waals surface area contributed by atoms with E-state index in [9.17, 15) is 14.4 Å². The Morgan fingerprint density at radius 2 is 1.97 bits per heavy atom. The third-order valence-corrected chi connectivity index (χ3v) is 5.48. The second-order valence-electron chi connectivity index (χ2n) is 6.21. The maximum absolute atomic E-state index is 12.4. The third kappa shape index (κ3) is 4.99. The van der Waals surface area contributed by atoms with Gasteiger partial charge in [-0.15, -0.1) is 11.8 Å². The van der Waals surface area contributed by atoms with E-state index in [2.05, 4.69) is 5.32 Å². The largest absolute Gasteiger partial charge is 0.462 e. The molecular formula is C21H19ClN2O4S. The maximum Gasteiger partial charge on any atom is 0.338 e. The average Bonchev–Trinajstić information content (AvgIpc) is 2.70. The zero-order valence-electron chi connectivity index (χ0n) is 15.9. The number of carbonyl (C=O) groups is 2. The van der Waals surface area contributed by atoms with Gasteiger partial charge in [-0.25, -0.2) is 4.79 Å². The molecule has 0 atom stereocenters. The van der Waals surface area contributed by atoms with Crippen LogP contribution < -0.4 is 10.9 Å². The number of thioether (sulfide) groups is 1. The number of hydrogen-bond acceptors (Lipinski definition) is 5. The summed E-state index contributed by atoms with van der Waals surface area (Å²) in [4.78, 5) is 37.1. The van der Waals surface area contributed by atoms with Crippen LogP contribution in [0.1, 0.15) is 17.3 Å². The summed E-state index contributed by atoms with van der Waals surface area (Å²) in [6.07, 6.45) is 0. The zero-order valence-corrected chi connectivity index (χ0v) is 17.5. The highest BCUT2D eigenvalue weighted by molar-refractivity contribution is 8.00. The average molecular weight is 431 g/mol. The van der Waals surface area contributed by atoms with E-state index in [4.69, 9.17) is 16.3 Å². The van der Waals surface area contributed by atoms with Gasteiger partial charge in [-0.2, -0.15) is 0 Å². The molecular weight excluding hydrogens is 412 g/mol. The summed E-state index contributed by atoms with van der Waals surface area (Å²) in [5, 5.41) is 4.14. The summed E-state index contributed by atoms with van der Waals surface area (Å²) in [5.74, 6) is -0.587. The summed E-state index contributed by atoms with van der Waals surface area (Å²) in [7, 11) is 1.68. The van der Waals surface area contributed by atoms with Crippen molar-refractivity contribution < 1.29 is 14.3 Å². The molecule has 1 heterocycles. The van der Waals surface area contributed by atoms with Gasteiger partial charge in [-0.3, -0.25) is 9.59 Å². The van der Waals surface area contributed by atoms with E-state index in [0.717, 1.165) is 5.39 Å². The van der Waals surface area contributed by atoms with Gasteiger partial charge >= 0.3 is 5.97 Å². The molecule has 0 aliphatic heterocycles. The Labute approximate surface area is 176 Å². The lowest BCUT2D eigenvalue weighted by Gasteiger charge is -2.11. The Morgan fingerprint density at radius 1 is 1.17 bits per heavy atom. The lowest BCUT2D eigenvalue weighted by Crippen LogP contribution is -2.17. The van der Waals surface area contributed by atoms with Crippen molar-refractivity contribution in [1.29, 1.82) is 0 Å². The molecule has 0 bridgehead atoms. The van der Waals surface area contributed by atoms with Gasteiger partial charge in [0.1, 0.15) is 0 Å². The van der Waals surface area contributed by atoms with Gasteiger partial charge in [0, 0.05) is 34.1 Å². The van der Waals surface area contributed by atoms with Crippen LogP contribution in [0.15, 0.2) is 58.2 Å². The molecule has 1 N–H and O–H groups in total. The number of nitrogens with one attached hydrogen (secondary N) is 1. The maximum atomic E-state index is 12.4. The Kier molecular flexibility index (Phi) is 6.61. The molecule has 0 fully saturated rings. The monoisotopic (exact) mass is 430 g/mol. The van der Waals surface area contributed by atoms with Crippen LogP contribution in [0, 0.1) is 0 Å². The third-order valence-electron chi connectivity index (χ3n) is 4.19. The van der Waals surface area contributed by atoms with Crippen molar-refractivity contribution in [2.75, 3.05) is 17.7 Å². The normalized spacial score (nSPS) is 10.7. The Morgan fingerprint density at radius 3 is 2.72 bits per heavy atom. The number of esters is 1. The van der Waals surface area contributed by atoms with Crippen LogP contribution in [0.3, 0.4) is 0 Å². The molecule has 29 heavy (non-hydrogen) atoms. The van der Waals surface area contributed by atoms with Gasteiger partial charge in [0.15, 0.2) is 0 Å². The van der Waals surface area contributed by atoms with E-state index in [1.165, 1.54) is 22.4 Å². The van der Waals surface area contributed by atoms with Gasteiger partial charge in [-0.1, -0.05) is 23.7 Å². The minimum Gasteiger partial charge on any atom is -0.462 e. The summed E-state index contributed by atoms with van der Waals surface area (Å²) >= 11 is 7.31. The minimum absolute atomic E-state index is 0.106. The van der Waals surface area contributed by atoms with Gasteiger partial charge in [0.2, 0.25) is 5.91 Å². The molecule has 1 aromatic heterocycles. The van der Waals surface area contributed by atoms with Crippen molar-refractivity contribution in [3.63, 3.8) is 0 Å². The number of benzene rings is 2. The summed E-state index contributed by atoms with van der Waals surface area (Å²) in [5.41, 5.74) is 1.40. The molecule has 150 valence electrons. The fraction of sp³-hybridized carbons (Fsp3) is 0.190. The Bertz CT molecular complexity index is 1140. The molecule has 0 radical (unpaired) electrons. The molecule has 3 rings (SSSR count). The van der Waals surface area contributed by atoms with E-state index in [0.29, 0.717) is 26.7 Å². The summed E-state index contributed by atoms with van der Waals surface area (Å²) < 4.78 is 6.49. The van der Waals surface area contributed by atoms with Crippen molar-refractivity contribution in [2.45, 2.75) is 11.8 Å². The highest BCUT2D eigenvalue weighted by Crippen LogP contribution is 2.28. The second-order valence-corrected chi connectivity index (χ2v) is 7.66. The van der Waals surface area contributed by atoms with E-state index in [1.54, 1.807) is 50.4 Å². The van der Waals surface area contributed by atoms with E-state index in [-0.39, 0.29) is 23.8 Å². The lowest BCUT2D eigenvalue weighted by atomic mass is 10.2. The van der Waals surface area contributed by atoms with Crippen molar-refractivity contribution in [1.82, 2.24) is 4.57 Å². The number of nitrogens with zero attached hydrogens (tertiary/aromatic N) is 1. The molecule has 0 unspecified atom stereocenters. The van der Waals surface area contributed by atoms with Crippen LogP contribution in [0.25, 0.3) is 10.9 Å². The quantitative estimate of drug-likeness (QED) is 0.470. The Balaban J connectivity index is 1.73. The molecule has 6 nitrogen and oxygen atoms in total. The number of halogens is 1. The smallest absolute Gasteiger partial charge is 0.338 e. The molecule has 2 aromatic carbocycles. The number of ether oxygens (including phenoxy) is 1. The van der Waals surface area contributed by atoms with Crippen LogP contribution in [-0.4, -0.2) is 28.8 Å². The van der Waals surface area contributed by atoms with Crippen LogP contribution >= 0.6 is 23.4 Å². The van der Waals surface area contributed by atoms with Crippen LogP contribution in [-0.2, 0) is 16.6 Å². The fourth-order valence-corrected chi connectivity index (χ4v) is 3.83. The van der Waals surface area contributed by atoms with Gasteiger partial charge in [0.25, 0.3) is 5.56 Å². The lowest BCUT2D eigenvalue weighted by molar-refractivity contribution is -0.113. The molecule has 3 aromatic rings. The van der Waals surface area contributed by atoms with E-state index >= 15 is 0 Å². The van der Waals surface area contributed by atoms with Crippen molar-refractivity contribution >= 4 is 51.8 Å². The van der Waals surface area contributed by atoms with E-state index < -0.39 is 5.97 Å². The van der Waals surface area contributed by atoms with Crippen LogP contribution in [0.5, 0.6) is 0 Å². The number of pyridine rings is 1. The first-order chi connectivity index (χ1) is 13.9. The minimum atomic E-state index is -0.441. The predicted molar refractivity (Wildman–Crippen MR) is 116 cm³/mol. The van der Waals surface area contributed by atoms with Crippen molar-refractivity contribution in [2.24, 2.45) is 7.05 Å². The van der Waals surface area contributed by atoms with Crippen molar-refractivity contribution in [3.05, 3.63) is 69.5 Å². The van der Waals surface area contributed by atoms with E-state index in [1.807, 2.05) is 6.07 Å². The molecule has 0 saturated carbocycles. The zero-order chi connectivity index (χ0) is 21.0. The number of carbonyl (C=O) groups excluding carboxylic acids is 2. The van der Waals surface area contributed by atoms with Crippen LogP contribution in [0.2, 0.25) is 5.02 Å². The molecule has 0 aliphatic rings. The summed E-state index contributed by atoms with van der Waals surface area (Å²) in [6.45, 7) is 2.01. The number of aryl methyl sites for hydroxylation is 1. The SMILES string of the molecule is CCOC(=O)c1cccc(NC(=O)CSc2cc(=O)n(C)c3cc(Cl)ccc23)c1. The van der Waals surface area contributed by atoms with Crippen LogP contribution in [0.4, 0.5) is 5.69 Å². The number of hydrogen-bond donors (Lipinski definition) is 1. The van der Waals surface area contributed by atoms with Crippen molar-refractivity contribution in [3.8, 4) is 0 Å². The van der Waals surface area contributed by atoms with Gasteiger partial charge in [-0.05, 0) is 37.3 Å². The first-order valence-electron chi connectivity index (χ1n) is 8.88. The highest BCUT2D eigenvalue weighted by Gasteiger charge is 2.12. The topological polar surface area (TPSA) is 77.4 Å². The second kappa shape index (κ2) is 9.15. The highest BCUT2D eigenvalue weighted by atomic mass is 35.5. The first-order valence-corrected chi connectivity index (χ1v) is 10.2. The molecule has 0 spiro atoms. The summed E-state index contributed by atoms with van der Waals surface area (Å²) in [6, 6.07) is 13.4. The molecule has 8 heteroatoms.